The molecule has 1 heterocycles. The van der Waals surface area contributed by atoms with Crippen molar-refractivity contribution < 1.29 is 19.4 Å². The molecule has 0 unspecified atom stereocenters. The molecule has 3 aromatic rings. The molecule has 0 saturated carbocycles. The SMILES string of the molecule is CCCOc1ccc(OC)c(-c2nc3ccc(C(=O)O)cc3c(=O)[nH]2)c1. The zero-order valence-corrected chi connectivity index (χ0v) is 14.4. The van der Waals surface area contributed by atoms with E-state index in [1.165, 1.54) is 25.3 Å². The van der Waals surface area contributed by atoms with Gasteiger partial charge in [-0.3, -0.25) is 4.79 Å². The van der Waals surface area contributed by atoms with Crippen LogP contribution in [0.15, 0.2) is 41.2 Å². The normalized spacial score (nSPS) is 10.7. The summed E-state index contributed by atoms with van der Waals surface area (Å²) in [7, 11) is 1.53. The van der Waals surface area contributed by atoms with Gasteiger partial charge in [0.25, 0.3) is 5.56 Å². The molecule has 2 aromatic carbocycles. The van der Waals surface area contributed by atoms with Crippen molar-refractivity contribution in [1.82, 2.24) is 9.97 Å². The molecule has 3 rings (SSSR count). The van der Waals surface area contributed by atoms with Gasteiger partial charge >= 0.3 is 5.97 Å². The van der Waals surface area contributed by atoms with Crippen LogP contribution in [0.3, 0.4) is 0 Å². The van der Waals surface area contributed by atoms with Crippen LogP contribution < -0.4 is 15.0 Å². The molecule has 1 aromatic heterocycles. The molecule has 0 aliphatic rings. The quantitative estimate of drug-likeness (QED) is 0.705. The largest absolute Gasteiger partial charge is 0.496 e. The third-order valence-corrected chi connectivity index (χ3v) is 3.85. The number of nitrogens with one attached hydrogen (secondary N) is 1. The number of rotatable bonds is 6. The zero-order valence-electron chi connectivity index (χ0n) is 14.4. The van der Waals surface area contributed by atoms with E-state index in [9.17, 15) is 9.59 Å². The smallest absolute Gasteiger partial charge is 0.335 e. The van der Waals surface area contributed by atoms with E-state index in [0.717, 1.165) is 6.42 Å². The number of hydrogen-bond acceptors (Lipinski definition) is 5. The number of nitrogens with zero attached hydrogens (tertiary/aromatic N) is 1. The van der Waals surface area contributed by atoms with Gasteiger partial charge < -0.3 is 19.6 Å². The second-order valence-electron chi connectivity index (χ2n) is 5.66. The van der Waals surface area contributed by atoms with Crippen molar-refractivity contribution in [3.63, 3.8) is 0 Å². The molecule has 7 nitrogen and oxygen atoms in total. The Balaban J connectivity index is 2.14. The van der Waals surface area contributed by atoms with E-state index in [-0.39, 0.29) is 10.9 Å². The van der Waals surface area contributed by atoms with Gasteiger partial charge in [-0.2, -0.15) is 0 Å². The maximum Gasteiger partial charge on any atom is 0.335 e. The average molecular weight is 354 g/mol. The number of benzene rings is 2. The first-order valence-corrected chi connectivity index (χ1v) is 8.12. The van der Waals surface area contributed by atoms with Crippen molar-refractivity contribution in [2.24, 2.45) is 0 Å². The predicted molar refractivity (Wildman–Crippen MR) is 97.1 cm³/mol. The number of aromatic carboxylic acids is 1. The fourth-order valence-corrected chi connectivity index (χ4v) is 2.58. The fraction of sp³-hybridized carbons (Fsp3) is 0.211. The third kappa shape index (κ3) is 3.37. The lowest BCUT2D eigenvalue weighted by Gasteiger charge is -2.11. The summed E-state index contributed by atoms with van der Waals surface area (Å²) >= 11 is 0. The van der Waals surface area contributed by atoms with Gasteiger partial charge in [0.2, 0.25) is 0 Å². The van der Waals surface area contributed by atoms with Gasteiger partial charge in [0.1, 0.15) is 17.3 Å². The lowest BCUT2D eigenvalue weighted by Crippen LogP contribution is -2.11. The maximum atomic E-state index is 12.4. The number of methoxy groups -OCH3 is 1. The average Bonchev–Trinajstić information content (AvgIpc) is 2.65. The molecule has 0 amide bonds. The summed E-state index contributed by atoms with van der Waals surface area (Å²) < 4.78 is 11.0. The number of aromatic amines is 1. The molecule has 2 N–H and O–H groups in total. The predicted octanol–water partition coefficient (Wildman–Crippen LogP) is 3.09. The summed E-state index contributed by atoms with van der Waals surface area (Å²) in [4.78, 5) is 30.7. The van der Waals surface area contributed by atoms with E-state index in [0.29, 0.717) is 35.0 Å². The number of carbonyl (C=O) groups is 1. The van der Waals surface area contributed by atoms with E-state index in [1.54, 1.807) is 18.2 Å². The van der Waals surface area contributed by atoms with Crippen LogP contribution in [-0.2, 0) is 0 Å². The lowest BCUT2D eigenvalue weighted by molar-refractivity contribution is 0.0697. The van der Waals surface area contributed by atoms with Crippen LogP contribution in [0.2, 0.25) is 0 Å². The van der Waals surface area contributed by atoms with E-state index in [1.807, 2.05) is 6.92 Å². The van der Waals surface area contributed by atoms with Gasteiger partial charge in [0.15, 0.2) is 0 Å². The number of H-pyrrole nitrogens is 1. The Morgan fingerprint density at radius 1 is 1.23 bits per heavy atom. The monoisotopic (exact) mass is 354 g/mol. The molecule has 134 valence electrons. The molecule has 0 bridgehead atoms. The Morgan fingerprint density at radius 2 is 2.04 bits per heavy atom. The molecule has 0 aliphatic heterocycles. The Bertz CT molecular complexity index is 1030. The number of aromatic nitrogens is 2. The molecule has 7 heteroatoms. The van der Waals surface area contributed by atoms with Gasteiger partial charge in [0, 0.05) is 0 Å². The van der Waals surface area contributed by atoms with Crippen molar-refractivity contribution in [1.29, 1.82) is 0 Å². The Morgan fingerprint density at radius 3 is 2.73 bits per heavy atom. The fourth-order valence-electron chi connectivity index (χ4n) is 2.58. The van der Waals surface area contributed by atoms with Crippen LogP contribution in [0.25, 0.3) is 22.3 Å². The molecule has 0 aliphatic carbocycles. The Labute approximate surface area is 149 Å². The standard InChI is InChI=1S/C19H18N2O5/c1-3-8-26-12-5-7-16(25-2)14(10-12)17-20-15-6-4-11(19(23)24)9-13(15)18(22)21-17/h4-7,9-10H,3,8H2,1-2H3,(H,23,24)(H,20,21,22). The van der Waals surface area contributed by atoms with Gasteiger partial charge in [-0.1, -0.05) is 6.92 Å². The minimum Gasteiger partial charge on any atom is -0.496 e. The van der Waals surface area contributed by atoms with Gasteiger partial charge in [0.05, 0.1) is 35.7 Å². The second kappa shape index (κ2) is 7.26. The highest BCUT2D eigenvalue weighted by atomic mass is 16.5. The number of fused-ring (bicyclic) bond motifs is 1. The Kier molecular flexibility index (Phi) is 4.88. The minimum absolute atomic E-state index is 0.0325. The summed E-state index contributed by atoms with van der Waals surface area (Å²) in [5, 5.41) is 9.29. The Hall–Kier alpha value is -3.35. The van der Waals surface area contributed by atoms with E-state index < -0.39 is 11.5 Å². The van der Waals surface area contributed by atoms with Gasteiger partial charge in [-0.05, 0) is 42.8 Å². The molecule has 0 spiro atoms. The van der Waals surface area contributed by atoms with Gasteiger partial charge in [-0.25, -0.2) is 9.78 Å². The highest BCUT2D eigenvalue weighted by Crippen LogP contribution is 2.31. The van der Waals surface area contributed by atoms with Crippen LogP contribution in [0, 0.1) is 0 Å². The highest BCUT2D eigenvalue weighted by Gasteiger charge is 2.14. The van der Waals surface area contributed by atoms with Crippen LogP contribution in [0.1, 0.15) is 23.7 Å². The number of hydrogen-bond donors (Lipinski definition) is 2. The van der Waals surface area contributed by atoms with Gasteiger partial charge in [-0.15, -0.1) is 0 Å². The van der Waals surface area contributed by atoms with Crippen LogP contribution in [-0.4, -0.2) is 34.8 Å². The molecule has 26 heavy (non-hydrogen) atoms. The van der Waals surface area contributed by atoms with Crippen molar-refractivity contribution in [2.45, 2.75) is 13.3 Å². The topological polar surface area (TPSA) is 102 Å². The summed E-state index contributed by atoms with van der Waals surface area (Å²) in [5.41, 5.74) is 0.596. The van der Waals surface area contributed by atoms with E-state index >= 15 is 0 Å². The number of carboxylic acid groups (broad SMARTS) is 1. The highest BCUT2D eigenvalue weighted by molar-refractivity contribution is 5.93. The number of carboxylic acids is 1. The molecular weight excluding hydrogens is 336 g/mol. The summed E-state index contributed by atoms with van der Waals surface area (Å²) in [6.45, 7) is 2.59. The molecule has 0 atom stereocenters. The van der Waals surface area contributed by atoms with Crippen molar-refractivity contribution >= 4 is 16.9 Å². The van der Waals surface area contributed by atoms with E-state index in [4.69, 9.17) is 14.6 Å². The summed E-state index contributed by atoms with van der Waals surface area (Å²) in [6, 6.07) is 9.53. The molecular formula is C19H18N2O5. The first kappa shape index (κ1) is 17.5. The zero-order chi connectivity index (χ0) is 18.7. The molecule has 0 radical (unpaired) electrons. The summed E-state index contributed by atoms with van der Waals surface area (Å²) in [5.74, 6) is 0.410. The van der Waals surface area contributed by atoms with Crippen molar-refractivity contribution in [2.75, 3.05) is 13.7 Å². The lowest BCUT2D eigenvalue weighted by atomic mass is 10.1. The van der Waals surface area contributed by atoms with Crippen molar-refractivity contribution in [3.8, 4) is 22.9 Å². The van der Waals surface area contributed by atoms with E-state index in [2.05, 4.69) is 9.97 Å². The van der Waals surface area contributed by atoms with Crippen molar-refractivity contribution in [3.05, 3.63) is 52.3 Å². The number of ether oxygens (including phenoxy) is 2. The van der Waals surface area contributed by atoms with Crippen LogP contribution >= 0.6 is 0 Å². The maximum absolute atomic E-state index is 12.4. The molecule has 0 fully saturated rings. The van der Waals surface area contributed by atoms with Crippen LogP contribution in [0.5, 0.6) is 11.5 Å². The minimum atomic E-state index is -1.10. The first-order valence-electron chi connectivity index (χ1n) is 8.12. The third-order valence-electron chi connectivity index (χ3n) is 3.85. The second-order valence-corrected chi connectivity index (χ2v) is 5.66. The van der Waals surface area contributed by atoms with Crippen LogP contribution in [0.4, 0.5) is 0 Å². The first-order chi connectivity index (χ1) is 12.5. The summed E-state index contributed by atoms with van der Waals surface area (Å²) in [6.07, 6.45) is 0.873. The molecule has 0 saturated heterocycles.